The lowest BCUT2D eigenvalue weighted by molar-refractivity contribution is -0.143. The molecule has 0 bridgehead atoms. The molecule has 1 fully saturated rings. The maximum atomic E-state index is 13.8. The van der Waals surface area contributed by atoms with Crippen molar-refractivity contribution in [1.82, 2.24) is 15.1 Å². The molecule has 5 rings (SSSR count). The molecule has 1 spiro atoms. The third-order valence-electron chi connectivity index (χ3n) is 6.83. The molecule has 2 aromatic rings. The Bertz CT molecular complexity index is 1280. The number of fused-ring (bicyclic) bond motifs is 3. The summed E-state index contributed by atoms with van der Waals surface area (Å²) in [6.45, 7) is 1.55. The molecule has 0 radical (unpaired) electrons. The molecule has 0 unspecified atom stereocenters. The first-order valence-electron chi connectivity index (χ1n) is 11.6. The molecule has 36 heavy (non-hydrogen) atoms. The van der Waals surface area contributed by atoms with E-state index in [9.17, 15) is 23.6 Å². The lowest BCUT2D eigenvalue weighted by Gasteiger charge is -2.27. The summed E-state index contributed by atoms with van der Waals surface area (Å²) in [5.74, 6) is -1.04. The molecule has 2 aromatic carbocycles. The molecule has 3 aliphatic rings. The van der Waals surface area contributed by atoms with Crippen LogP contribution in [0.15, 0.2) is 36.4 Å². The van der Waals surface area contributed by atoms with E-state index in [2.05, 4.69) is 10.6 Å². The molecule has 2 aliphatic heterocycles. The van der Waals surface area contributed by atoms with E-state index in [0.29, 0.717) is 29.0 Å². The van der Waals surface area contributed by atoms with Gasteiger partial charge in [0.1, 0.15) is 24.7 Å². The van der Waals surface area contributed by atoms with Crippen LogP contribution in [0.2, 0.25) is 0 Å². The minimum atomic E-state index is -1.50. The van der Waals surface area contributed by atoms with E-state index in [-0.39, 0.29) is 31.6 Å². The molecule has 2 N–H and O–H groups in total. The molecular formula is C25H25FN4O6. The second-order valence-electron chi connectivity index (χ2n) is 9.10. The van der Waals surface area contributed by atoms with E-state index >= 15 is 0 Å². The van der Waals surface area contributed by atoms with Gasteiger partial charge in [0.15, 0.2) is 0 Å². The predicted octanol–water partition coefficient (Wildman–Crippen LogP) is 2.51. The lowest BCUT2D eigenvalue weighted by atomic mass is 9.94. The number of carbonyl (C=O) groups excluding carboxylic acids is 4. The fourth-order valence-electron chi connectivity index (χ4n) is 4.94. The zero-order chi connectivity index (χ0) is 25.6. The molecule has 11 heteroatoms. The van der Waals surface area contributed by atoms with E-state index in [1.807, 2.05) is 0 Å². The summed E-state index contributed by atoms with van der Waals surface area (Å²) >= 11 is 0. The highest BCUT2D eigenvalue weighted by atomic mass is 19.1. The van der Waals surface area contributed by atoms with Gasteiger partial charge in [-0.3, -0.25) is 9.59 Å². The zero-order valence-corrected chi connectivity index (χ0v) is 19.8. The topological polar surface area (TPSA) is 117 Å². The monoisotopic (exact) mass is 496 g/mol. The van der Waals surface area contributed by atoms with Crippen LogP contribution in [-0.4, -0.2) is 60.0 Å². The highest BCUT2D eigenvalue weighted by Gasteiger charge is 2.58. The fraction of sp³-hybridized carbons (Fsp3) is 0.360. The van der Waals surface area contributed by atoms with Crippen molar-refractivity contribution < 1.29 is 33.0 Å². The van der Waals surface area contributed by atoms with Gasteiger partial charge in [0.2, 0.25) is 11.5 Å². The van der Waals surface area contributed by atoms with Crippen molar-refractivity contribution in [2.75, 3.05) is 25.5 Å². The number of urea groups is 1. The first-order chi connectivity index (χ1) is 17.2. The molecule has 0 aromatic heterocycles. The average Bonchev–Trinajstić information content (AvgIpc) is 3.26. The average molecular weight is 496 g/mol. The summed E-state index contributed by atoms with van der Waals surface area (Å²) in [4.78, 5) is 53.4. The predicted molar refractivity (Wildman–Crippen MR) is 125 cm³/mol. The third-order valence-corrected chi connectivity index (χ3v) is 6.83. The number of benzene rings is 2. The van der Waals surface area contributed by atoms with Crippen LogP contribution in [0.1, 0.15) is 30.0 Å². The highest BCUT2D eigenvalue weighted by molar-refractivity contribution is 6.06. The Morgan fingerprint density at radius 2 is 1.97 bits per heavy atom. The van der Waals surface area contributed by atoms with Gasteiger partial charge in [-0.1, -0.05) is 6.07 Å². The summed E-state index contributed by atoms with van der Waals surface area (Å²) in [5, 5.41) is 5.14. The summed E-state index contributed by atoms with van der Waals surface area (Å²) < 4.78 is 25.1. The third kappa shape index (κ3) is 3.90. The number of hydrogen-bond donors (Lipinski definition) is 2. The van der Waals surface area contributed by atoms with E-state index in [4.69, 9.17) is 9.47 Å². The number of ether oxygens (including phenoxy) is 2. The maximum absolute atomic E-state index is 13.8. The molecule has 2 atom stereocenters. The Labute approximate surface area is 206 Å². The largest absolute Gasteiger partial charge is 0.491 e. The summed E-state index contributed by atoms with van der Waals surface area (Å²) in [6, 6.07) is 8.39. The molecule has 188 valence electrons. The minimum Gasteiger partial charge on any atom is -0.491 e. The molecule has 1 aliphatic carbocycles. The fourth-order valence-corrected chi connectivity index (χ4v) is 4.94. The Hall–Kier alpha value is -4.15. The van der Waals surface area contributed by atoms with Gasteiger partial charge >= 0.3 is 12.1 Å². The second kappa shape index (κ2) is 8.81. The Morgan fingerprint density at radius 1 is 1.17 bits per heavy atom. The van der Waals surface area contributed by atoms with Gasteiger partial charge in [-0.15, -0.1) is 0 Å². The van der Waals surface area contributed by atoms with Crippen LogP contribution in [0.4, 0.5) is 19.7 Å². The van der Waals surface area contributed by atoms with Crippen molar-refractivity contribution in [2.24, 2.45) is 0 Å². The van der Waals surface area contributed by atoms with Crippen molar-refractivity contribution in [3.05, 3.63) is 58.9 Å². The Kier molecular flexibility index (Phi) is 5.77. The summed E-state index contributed by atoms with van der Waals surface area (Å²) in [6.07, 6.45) is -0.192. The molecule has 5 amide bonds. The van der Waals surface area contributed by atoms with Crippen molar-refractivity contribution in [3.8, 4) is 5.75 Å². The van der Waals surface area contributed by atoms with Gasteiger partial charge in [0.05, 0.1) is 6.04 Å². The molecule has 10 nitrogen and oxygen atoms in total. The number of carbonyl (C=O) groups is 4. The van der Waals surface area contributed by atoms with Crippen LogP contribution in [0, 0.1) is 5.82 Å². The number of rotatable bonds is 3. The maximum Gasteiger partial charge on any atom is 0.418 e. The van der Waals surface area contributed by atoms with Gasteiger partial charge in [0.25, 0.3) is 5.91 Å². The number of anilines is 1. The van der Waals surface area contributed by atoms with E-state index in [1.54, 1.807) is 25.1 Å². The number of halogens is 1. The first kappa shape index (κ1) is 23.6. The summed E-state index contributed by atoms with van der Waals surface area (Å²) in [7, 11) is 1.50. The Balaban J connectivity index is 1.35. The van der Waals surface area contributed by atoms with Crippen LogP contribution in [0.5, 0.6) is 5.75 Å². The lowest BCUT2D eigenvalue weighted by Crippen LogP contribution is -2.47. The van der Waals surface area contributed by atoms with Crippen molar-refractivity contribution in [3.63, 3.8) is 0 Å². The quantitative estimate of drug-likeness (QED) is 0.675. The Morgan fingerprint density at radius 3 is 2.75 bits per heavy atom. The number of imide groups is 1. The molecule has 2 heterocycles. The normalized spacial score (nSPS) is 22.5. The number of nitrogens with one attached hydrogen (secondary N) is 2. The van der Waals surface area contributed by atoms with Gasteiger partial charge in [-0.05, 0) is 49.2 Å². The van der Waals surface area contributed by atoms with Crippen LogP contribution >= 0.6 is 0 Å². The van der Waals surface area contributed by atoms with Gasteiger partial charge in [-0.25, -0.2) is 18.9 Å². The first-order valence-corrected chi connectivity index (χ1v) is 11.6. The molecular weight excluding hydrogens is 471 g/mol. The zero-order valence-electron chi connectivity index (χ0n) is 19.8. The summed E-state index contributed by atoms with van der Waals surface area (Å²) in [5.41, 5.74) is 0.865. The standard InChI is InChI=1S/C25H25FN4O6/c1-14-13-35-20-6-3-17(26)9-16(20)11-29(14)21(31)12-30-22(32)25(36-24(30)34)8-7-15-10-18(4-5-19(15)25)28-23(33)27-2/h3-6,9-10,14H,7-8,11-13H2,1-2H3,(H2,27,28,33)/t14-,25+/m1/s1. The van der Waals surface area contributed by atoms with E-state index in [1.165, 1.54) is 30.1 Å². The van der Waals surface area contributed by atoms with Gasteiger partial charge in [0, 0.05) is 36.8 Å². The van der Waals surface area contributed by atoms with Gasteiger partial charge < -0.3 is 25.0 Å². The van der Waals surface area contributed by atoms with Gasteiger partial charge in [-0.2, -0.15) is 0 Å². The van der Waals surface area contributed by atoms with Crippen LogP contribution in [0.3, 0.4) is 0 Å². The highest BCUT2D eigenvalue weighted by Crippen LogP contribution is 2.46. The van der Waals surface area contributed by atoms with Crippen molar-refractivity contribution in [2.45, 2.75) is 38.0 Å². The van der Waals surface area contributed by atoms with E-state index in [0.717, 1.165) is 10.5 Å². The van der Waals surface area contributed by atoms with Crippen molar-refractivity contribution in [1.29, 1.82) is 0 Å². The number of amides is 5. The smallest absolute Gasteiger partial charge is 0.418 e. The molecule has 1 saturated heterocycles. The van der Waals surface area contributed by atoms with Crippen LogP contribution in [0.25, 0.3) is 0 Å². The van der Waals surface area contributed by atoms with Crippen LogP contribution in [-0.2, 0) is 32.9 Å². The number of nitrogens with zero attached hydrogens (tertiary/aromatic N) is 2. The second-order valence-corrected chi connectivity index (χ2v) is 9.10. The van der Waals surface area contributed by atoms with Crippen LogP contribution < -0.4 is 15.4 Å². The van der Waals surface area contributed by atoms with E-state index < -0.39 is 35.9 Å². The van der Waals surface area contributed by atoms with Crippen molar-refractivity contribution >= 4 is 29.6 Å². The number of hydrogen-bond acceptors (Lipinski definition) is 6. The SMILES string of the molecule is CNC(=O)Nc1ccc2c(c1)CC[C@]21OC(=O)N(CC(=O)N2Cc3cc(F)ccc3OC[C@H]2C)C1=O. The number of aryl methyl sites for hydroxylation is 1. The minimum absolute atomic E-state index is 0.0826. The molecule has 0 saturated carbocycles.